The van der Waals surface area contributed by atoms with Gasteiger partial charge in [0.15, 0.2) is 0 Å². The van der Waals surface area contributed by atoms with Crippen LogP contribution in [0.5, 0.6) is 0 Å². The summed E-state index contributed by atoms with van der Waals surface area (Å²) in [6, 6.07) is 0. The Morgan fingerprint density at radius 2 is 2.21 bits per heavy atom. The number of hydrogen-bond acceptors (Lipinski definition) is 4. The standard InChI is InChI=1S/C20H26O4/c1-6-11(2)19(22)24-15-8-7-14-9-16-17(12(3)10-23-16)18(21)20(14,5)13(15)4/h6-7,10,13,15,18,21H,8-9H2,1-5H3/t13-,15-,18+,20+/m0/s1. The van der Waals surface area contributed by atoms with Crippen LogP contribution in [0, 0.1) is 18.3 Å². The Morgan fingerprint density at radius 1 is 1.50 bits per heavy atom. The van der Waals surface area contributed by atoms with Crippen LogP contribution in [0.2, 0.25) is 0 Å². The van der Waals surface area contributed by atoms with Crippen LogP contribution < -0.4 is 0 Å². The minimum atomic E-state index is -0.648. The minimum absolute atomic E-state index is 0.0172. The van der Waals surface area contributed by atoms with Crippen LogP contribution in [0.25, 0.3) is 0 Å². The first-order chi connectivity index (χ1) is 11.3. The summed E-state index contributed by atoms with van der Waals surface area (Å²) in [6.45, 7) is 9.69. The molecule has 2 aliphatic carbocycles. The Hall–Kier alpha value is -1.81. The topological polar surface area (TPSA) is 59.7 Å². The first-order valence-electron chi connectivity index (χ1n) is 8.59. The van der Waals surface area contributed by atoms with E-state index in [9.17, 15) is 9.90 Å². The van der Waals surface area contributed by atoms with E-state index >= 15 is 0 Å². The number of allylic oxidation sites excluding steroid dienone is 1. The van der Waals surface area contributed by atoms with Crippen molar-refractivity contribution in [2.45, 2.75) is 59.7 Å². The van der Waals surface area contributed by atoms with Gasteiger partial charge in [-0.05, 0) is 26.3 Å². The second kappa shape index (κ2) is 5.92. The van der Waals surface area contributed by atoms with Crippen molar-refractivity contribution in [3.05, 3.63) is 46.4 Å². The van der Waals surface area contributed by atoms with Crippen LogP contribution in [-0.4, -0.2) is 17.2 Å². The summed E-state index contributed by atoms with van der Waals surface area (Å²) >= 11 is 0. The zero-order chi connectivity index (χ0) is 17.6. The Kier molecular flexibility index (Phi) is 4.20. The average Bonchev–Trinajstić information content (AvgIpc) is 2.93. The van der Waals surface area contributed by atoms with E-state index < -0.39 is 11.5 Å². The highest BCUT2D eigenvalue weighted by Gasteiger charge is 2.52. The summed E-state index contributed by atoms with van der Waals surface area (Å²) in [5.41, 5.74) is 3.22. The number of furan rings is 1. The Morgan fingerprint density at radius 3 is 2.88 bits per heavy atom. The zero-order valence-corrected chi connectivity index (χ0v) is 15.1. The smallest absolute Gasteiger partial charge is 0.333 e. The van der Waals surface area contributed by atoms with Crippen LogP contribution in [0.4, 0.5) is 0 Å². The van der Waals surface area contributed by atoms with Crippen LogP contribution in [0.3, 0.4) is 0 Å². The minimum Gasteiger partial charge on any atom is -0.468 e. The molecule has 2 aliphatic rings. The molecule has 0 amide bonds. The molecule has 0 saturated heterocycles. The number of aliphatic hydroxyl groups excluding tert-OH is 1. The van der Waals surface area contributed by atoms with Gasteiger partial charge in [-0.3, -0.25) is 0 Å². The molecule has 1 heterocycles. The Bertz CT molecular complexity index is 724. The van der Waals surface area contributed by atoms with Gasteiger partial charge in [0, 0.05) is 35.3 Å². The van der Waals surface area contributed by atoms with Crippen molar-refractivity contribution < 1.29 is 19.1 Å². The van der Waals surface area contributed by atoms with Crippen LogP contribution in [0.1, 0.15) is 57.1 Å². The highest BCUT2D eigenvalue weighted by molar-refractivity contribution is 5.87. The highest BCUT2D eigenvalue weighted by atomic mass is 16.5. The summed E-state index contributed by atoms with van der Waals surface area (Å²) in [4.78, 5) is 12.2. The normalized spacial score (nSPS) is 32.7. The Balaban J connectivity index is 1.94. The molecule has 3 rings (SSSR count). The maximum absolute atomic E-state index is 12.2. The molecule has 24 heavy (non-hydrogen) atoms. The molecule has 4 atom stereocenters. The van der Waals surface area contributed by atoms with E-state index in [1.54, 1.807) is 19.3 Å². The predicted octanol–water partition coefficient (Wildman–Crippen LogP) is 4.03. The number of aryl methyl sites for hydroxylation is 1. The summed E-state index contributed by atoms with van der Waals surface area (Å²) < 4.78 is 11.4. The molecule has 0 radical (unpaired) electrons. The van der Waals surface area contributed by atoms with Gasteiger partial charge in [-0.2, -0.15) is 0 Å². The number of esters is 1. The molecule has 1 aromatic heterocycles. The second-order valence-corrected chi connectivity index (χ2v) is 7.29. The number of fused-ring (bicyclic) bond motifs is 2. The number of hydrogen-bond donors (Lipinski definition) is 1. The molecule has 1 aromatic rings. The van der Waals surface area contributed by atoms with Crippen molar-refractivity contribution in [2.24, 2.45) is 11.3 Å². The van der Waals surface area contributed by atoms with E-state index in [2.05, 4.69) is 19.9 Å². The zero-order valence-electron chi connectivity index (χ0n) is 15.1. The maximum atomic E-state index is 12.2. The van der Waals surface area contributed by atoms with Crippen molar-refractivity contribution in [3.8, 4) is 0 Å². The lowest BCUT2D eigenvalue weighted by atomic mass is 9.58. The first kappa shape index (κ1) is 17.0. The molecule has 0 spiro atoms. The third-order valence-electron chi connectivity index (χ3n) is 6.10. The van der Waals surface area contributed by atoms with Gasteiger partial charge in [0.05, 0.1) is 12.4 Å². The van der Waals surface area contributed by atoms with Crippen LogP contribution in [-0.2, 0) is 16.0 Å². The number of rotatable bonds is 2. The fraction of sp³-hybridized carbons (Fsp3) is 0.550. The number of carbonyl (C=O) groups excluding carboxylic acids is 1. The molecule has 0 aromatic carbocycles. The highest BCUT2D eigenvalue weighted by Crippen LogP contribution is 2.56. The van der Waals surface area contributed by atoms with Crippen molar-refractivity contribution >= 4 is 5.97 Å². The largest absolute Gasteiger partial charge is 0.468 e. The van der Waals surface area contributed by atoms with Gasteiger partial charge >= 0.3 is 5.97 Å². The van der Waals surface area contributed by atoms with Crippen LogP contribution >= 0.6 is 0 Å². The number of aliphatic hydroxyl groups is 1. The summed E-state index contributed by atoms with van der Waals surface area (Å²) in [5, 5.41) is 11.1. The van der Waals surface area contributed by atoms with E-state index in [4.69, 9.17) is 9.15 Å². The van der Waals surface area contributed by atoms with E-state index in [0.29, 0.717) is 12.0 Å². The molecule has 130 valence electrons. The maximum Gasteiger partial charge on any atom is 0.333 e. The van der Waals surface area contributed by atoms with E-state index in [1.807, 2.05) is 13.8 Å². The lowest BCUT2D eigenvalue weighted by Gasteiger charge is -2.49. The van der Waals surface area contributed by atoms with Crippen molar-refractivity contribution in [3.63, 3.8) is 0 Å². The monoisotopic (exact) mass is 330 g/mol. The summed E-state index contributed by atoms with van der Waals surface area (Å²) in [6.07, 6.45) is 6.11. The quantitative estimate of drug-likeness (QED) is 0.505. The van der Waals surface area contributed by atoms with E-state index in [0.717, 1.165) is 23.3 Å². The molecule has 1 N–H and O–H groups in total. The molecule has 0 aliphatic heterocycles. The molecular weight excluding hydrogens is 304 g/mol. The number of carbonyl (C=O) groups is 1. The van der Waals surface area contributed by atoms with Crippen molar-refractivity contribution in [2.75, 3.05) is 0 Å². The summed E-state index contributed by atoms with van der Waals surface area (Å²) in [5.74, 6) is 0.597. The number of ether oxygens (including phenoxy) is 1. The molecular formula is C20H26O4. The first-order valence-corrected chi connectivity index (χ1v) is 8.59. The van der Waals surface area contributed by atoms with Gasteiger partial charge in [-0.1, -0.05) is 31.6 Å². The molecule has 0 fully saturated rings. The molecule has 0 unspecified atom stereocenters. The van der Waals surface area contributed by atoms with Gasteiger partial charge in [0.1, 0.15) is 11.9 Å². The lowest BCUT2D eigenvalue weighted by Crippen LogP contribution is -2.47. The third-order valence-corrected chi connectivity index (χ3v) is 6.10. The summed E-state index contributed by atoms with van der Waals surface area (Å²) in [7, 11) is 0. The van der Waals surface area contributed by atoms with Gasteiger partial charge in [-0.25, -0.2) is 4.79 Å². The van der Waals surface area contributed by atoms with Gasteiger partial charge in [0.25, 0.3) is 0 Å². The SMILES string of the molecule is CC=C(C)C(=O)O[C@H]1CC=C2Cc3occ(C)c3[C@@H](O)[C@]2(C)[C@H]1C. The predicted molar refractivity (Wildman–Crippen MR) is 91.4 cm³/mol. The van der Waals surface area contributed by atoms with Gasteiger partial charge in [-0.15, -0.1) is 0 Å². The van der Waals surface area contributed by atoms with E-state index in [1.165, 1.54) is 5.57 Å². The Labute approximate surface area is 143 Å². The van der Waals surface area contributed by atoms with Crippen LogP contribution in [0.15, 0.2) is 34.0 Å². The fourth-order valence-electron chi connectivity index (χ4n) is 4.03. The van der Waals surface area contributed by atoms with Crippen molar-refractivity contribution in [1.82, 2.24) is 0 Å². The van der Waals surface area contributed by atoms with Gasteiger partial charge in [0.2, 0.25) is 0 Å². The van der Waals surface area contributed by atoms with Gasteiger partial charge < -0.3 is 14.3 Å². The molecule has 4 nitrogen and oxygen atoms in total. The molecule has 0 bridgehead atoms. The average molecular weight is 330 g/mol. The van der Waals surface area contributed by atoms with Crippen molar-refractivity contribution in [1.29, 1.82) is 0 Å². The third kappa shape index (κ3) is 2.35. The van der Waals surface area contributed by atoms with E-state index in [-0.39, 0.29) is 18.0 Å². The fourth-order valence-corrected chi connectivity index (χ4v) is 4.03. The lowest BCUT2D eigenvalue weighted by molar-refractivity contribution is -0.152. The molecule has 0 saturated carbocycles. The molecule has 4 heteroatoms. The second-order valence-electron chi connectivity index (χ2n) is 7.29.